The van der Waals surface area contributed by atoms with E-state index in [1.165, 1.54) is 32.1 Å². The topological polar surface area (TPSA) is 88.5 Å². The Labute approximate surface area is 325 Å². The summed E-state index contributed by atoms with van der Waals surface area (Å²) < 4.78 is 0. The van der Waals surface area contributed by atoms with Crippen LogP contribution >= 0.6 is 0 Å². The smallest absolute Gasteiger partial charge is 0.166 e. The summed E-state index contributed by atoms with van der Waals surface area (Å²) in [5, 5.41) is 9.47. The Kier molecular flexibility index (Phi) is 44.8. The highest BCUT2D eigenvalue weighted by Crippen LogP contribution is 2.30. The number of Topliss-reactive ketones (excluding diaryl/α,β-unsaturated/α-hetero) is 4. The van der Waals surface area contributed by atoms with Gasteiger partial charge in [0.2, 0.25) is 0 Å². The number of ketones is 4. The average Bonchev–Trinajstić information content (AvgIpc) is 2.82. The third kappa shape index (κ3) is 41.3. The molecule has 5 nitrogen and oxygen atoms in total. The van der Waals surface area contributed by atoms with Gasteiger partial charge in [-0.05, 0) is 30.1 Å². The molecule has 1 aliphatic rings. The minimum Gasteiger partial charge on any atom is -0.385 e. The fourth-order valence-corrected chi connectivity index (χ4v) is 4.37. The van der Waals surface area contributed by atoms with Gasteiger partial charge in [-0.1, -0.05) is 201 Å². The van der Waals surface area contributed by atoms with Crippen LogP contribution in [0.5, 0.6) is 0 Å². The molecular formula is C46H102O5. The Morgan fingerprint density at radius 2 is 0.784 bits per heavy atom. The zero-order valence-corrected chi connectivity index (χ0v) is 33.3. The second kappa shape index (κ2) is 32.1. The standard InChI is InChI=1S/C12H22O.C10H20O2.2C9H18O.6CH4/c1-12(2,3)11(13)9-10-7-5-4-6-8-10;1-7(2)6-8(11)9(12)10(3,4)5;2*1-7(2)6-8(10)9(3,4)5;;;;;;/h10H,4-9H2,1-3H3;7-8,11H,6H2,1-5H3;2*7H,6H2,1-5H3;6*1H4. The van der Waals surface area contributed by atoms with Gasteiger partial charge in [0, 0.05) is 40.9 Å². The van der Waals surface area contributed by atoms with Crippen molar-refractivity contribution in [2.75, 3.05) is 0 Å². The first-order chi connectivity index (χ1) is 19.9. The minimum absolute atomic E-state index is 0. The summed E-state index contributed by atoms with van der Waals surface area (Å²) in [5.41, 5.74) is -0.847. The first-order valence-corrected chi connectivity index (χ1v) is 17.7. The van der Waals surface area contributed by atoms with E-state index in [0.29, 0.717) is 60.3 Å². The number of carbonyl (C=O) groups is 4. The van der Waals surface area contributed by atoms with Crippen molar-refractivity contribution < 1.29 is 24.3 Å². The number of hydrogen-bond acceptors (Lipinski definition) is 5. The van der Waals surface area contributed by atoms with Crippen LogP contribution in [-0.4, -0.2) is 34.3 Å². The van der Waals surface area contributed by atoms with Crippen LogP contribution in [0.2, 0.25) is 0 Å². The zero-order chi connectivity index (χ0) is 36.6. The van der Waals surface area contributed by atoms with Crippen molar-refractivity contribution in [1.29, 1.82) is 0 Å². The highest BCUT2D eigenvalue weighted by molar-refractivity contribution is 5.87. The van der Waals surface area contributed by atoms with Crippen molar-refractivity contribution in [1.82, 2.24) is 0 Å². The van der Waals surface area contributed by atoms with E-state index < -0.39 is 11.5 Å². The average molecular weight is 735 g/mol. The van der Waals surface area contributed by atoms with Crippen molar-refractivity contribution in [2.24, 2.45) is 45.3 Å². The van der Waals surface area contributed by atoms with Crippen LogP contribution in [0.1, 0.15) is 227 Å². The third-order valence-electron chi connectivity index (χ3n) is 7.63. The van der Waals surface area contributed by atoms with Crippen LogP contribution in [0, 0.1) is 45.3 Å². The van der Waals surface area contributed by atoms with Crippen LogP contribution in [0.4, 0.5) is 0 Å². The summed E-state index contributed by atoms with van der Waals surface area (Å²) in [6.45, 7) is 35.7. The summed E-state index contributed by atoms with van der Waals surface area (Å²) in [5.74, 6) is 3.16. The lowest BCUT2D eigenvalue weighted by molar-refractivity contribution is -0.135. The number of carbonyl (C=O) groups excluding carboxylic acids is 4. The fourth-order valence-electron chi connectivity index (χ4n) is 4.37. The normalized spacial score (nSPS) is 13.5. The molecule has 0 amide bonds. The monoisotopic (exact) mass is 735 g/mol. The van der Waals surface area contributed by atoms with Crippen molar-refractivity contribution in [2.45, 2.75) is 233 Å². The molecular weight excluding hydrogens is 633 g/mol. The van der Waals surface area contributed by atoms with Gasteiger partial charge in [-0.3, -0.25) is 19.2 Å². The molecule has 1 atom stereocenters. The van der Waals surface area contributed by atoms with Crippen LogP contribution in [-0.2, 0) is 19.2 Å². The maximum Gasteiger partial charge on any atom is 0.166 e. The van der Waals surface area contributed by atoms with Crippen LogP contribution < -0.4 is 0 Å². The highest BCUT2D eigenvalue weighted by Gasteiger charge is 2.28. The lowest BCUT2D eigenvalue weighted by Gasteiger charge is -2.24. The molecule has 0 spiro atoms. The summed E-state index contributed by atoms with van der Waals surface area (Å²) in [6.07, 6.45) is 8.63. The molecule has 0 aromatic carbocycles. The number of aliphatic hydroxyl groups is 1. The Balaban J connectivity index is -0.0000000638. The first kappa shape index (κ1) is 71.1. The largest absolute Gasteiger partial charge is 0.385 e. The van der Waals surface area contributed by atoms with Gasteiger partial charge in [0.15, 0.2) is 5.78 Å². The van der Waals surface area contributed by atoms with E-state index in [0.717, 1.165) is 6.42 Å². The quantitative estimate of drug-likeness (QED) is 0.255. The molecule has 1 unspecified atom stereocenters. The van der Waals surface area contributed by atoms with Crippen LogP contribution in [0.3, 0.4) is 0 Å². The highest BCUT2D eigenvalue weighted by atomic mass is 16.3. The fraction of sp³-hybridized carbons (Fsp3) is 0.913. The molecule has 5 heteroatoms. The van der Waals surface area contributed by atoms with Crippen LogP contribution in [0.25, 0.3) is 0 Å². The predicted molar refractivity (Wildman–Crippen MR) is 234 cm³/mol. The van der Waals surface area contributed by atoms with Gasteiger partial charge in [-0.2, -0.15) is 0 Å². The predicted octanol–water partition coefficient (Wildman–Crippen LogP) is 14.7. The summed E-state index contributed by atoms with van der Waals surface area (Å²) >= 11 is 0. The third-order valence-corrected chi connectivity index (χ3v) is 7.63. The molecule has 1 aliphatic carbocycles. The second-order valence-electron chi connectivity index (χ2n) is 18.7. The van der Waals surface area contributed by atoms with E-state index in [4.69, 9.17) is 0 Å². The van der Waals surface area contributed by atoms with Gasteiger partial charge < -0.3 is 5.11 Å². The molecule has 1 fully saturated rings. The first-order valence-electron chi connectivity index (χ1n) is 17.7. The zero-order valence-electron chi connectivity index (χ0n) is 33.3. The van der Waals surface area contributed by atoms with Gasteiger partial charge >= 0.3 is 0 Å². The van der Waals surface area contributed by atoms with Gasteiger partial charge in [0.25, 0.3) is 0 Å². The summed E-state index contributed by atoms with van der Waals surface area (Å²) in [4.78, 5) is 45.7. The lowest BCUT2D eigenvalue weighted by atomic mass is 9.80. The maximum absolute atomic E-state index is 11.7. The minimum atomic E-state index is -0.787. The second-order valence-corrected chi connectivity index (χ2v) is 18.7. The molecule has 1 rings (SSSR count). The molecule has 0 bridgehead atoms. The van der Waals surface area contributed by atoms with E-state index in [1.54, 1.807) is 0 Å². The van der Waals surface area contributed by atoms with E-state index in [-0.39, 0.29) is 66.6 Å². The molecule has 0 radical (unpaired) electrons. The molecule has 1 N–H and O–H groups in total. The molecule has 51 heavy (non-hydrogen) atoms. The van der Waals surface area contributed by atoms with Crippen molar-refractivity contribution >= 4 is 23.1 Å². The van der Waals surface area contributed by atoms with Crippen LogP contribution in [0.15, 0.2) is 0 Å². The van der Waals surface area contributed by atoms with E-state index in [9.17, 15) is 24.3 Å². The molecule has 1 saturated carbocycles. The van der Waals surface area contributed by atoms with Crippen molar-refractivity contribution in [3.05, 3.63) is 0 Å². The molecule has 0 aliphatic heterocycles. The van der Waals surface area contributed by atoms with Gasteiger partial charge in [-0.25, -0.2) is 0 Å². The van der Waals surface area contributed by atoms with E-state index >= 15 is 0 Å². The Bertz CT molecular complexity index is 814. The SMILES string of the molecule is C.C.C.C.C.C.CC(C)(C)C(=O)CC1CCCCC1.CC(C)CC(=O)C(C)(C)C.CC(C)CC(=O)C(C)(C)C.CC(C)CC(O)C(=O)C(C)(C)C. The summed E-state index contributed by atoms with van der Waals surface area (Å²) in [6, 6.07) is 0. The van der Waals surface area contributed by atoms with E-state index in [1.807, 2.05) is 96.9 Å². The number of hydrogen-bond donors (Lipinski definition) is 1. The molecule has 0 aromatic rings. The molecule has 0 aromatic heterocycles. The summed E-state index contributed by atoms with van der Waals surface area (Å²) in [7, 11) is 0. The van der Waals surface area contributed by atoms with Gasteiger partial charge in [0.1, 0.15) is 23.5 Å². The number of rotatable bonds is 9. The Hall–Kier alpha value is -1.36. The molecule has 0 heterocycles. The lowest BCUT2D eigenvalue weighted by Crippen LogP contribution is -2.33. The molecule has 0 saturated heterocycles. The Morgan fingerprint density at radius 1 is 0.490 bits per heavy atom. The van der Waals surface area contributed by atoms with Crippen molar-refractivity contribution in [3.63, 3.8) is 0 Å². The Morgan fingerprint density at radius 3 is 0.980 bits per heavy atom. The van der Waals surface area contributed by atoms with E-state index in [2.05, 4.69) is 27.7 Å². The number of aliphatic hydroxyl groups excluding tert-OH is 1. The van der Waals surface area contributed by atoms with Gasteiger partial charge in [0.05, 0.1) is 0 Å². The van der Waals surface area contributed by atoms with Crippen molar-refractivity contribution in [3.8, 4) is 0 Å². The van der Waals surface area contributed by atoms with Gasteiger partial charge in [-0.15, -0.1) is 0 Å². The maximum atomic E-state index is 11.7. The molecule has 316 valence electrons.